The highest BCUT2D eigenvalue weighted by molar-refractivity contribution is 6.30. The van der Waals surface area contributed by atoms with E-state index in [0.29, 0.717) is 6.54 Å². The van der Waals surface area contributed by atoms with Crippen LogP contribution in [0.15, 0.2) is 18.2 Å². The predicted octanol–water partition coefficient (Wildman–Crippen LogP) is 4.36. The second kappa shape index (κ2) is 9.08. The van der Waals surface area contributed by atoms with E-state index in [-0.39, 0.29) is 29.6 Å². The first-order valence-electron chi connectivity index (χ1n) is 7.96. The van der Waals surface area contributed by atoms with Crippen LogP contribution < -0.4 is 4.90 Å². The van der Waals surface area contributed by atoms with Gasteiger partial charge in [-0.1, -0.05) is 24.9 Å². The Morgan fingerprint density at radius 3 is 2.36 bits per heavy atom. The number of unbranched alkanes of at least 4 members (excludes halogenated alkanes) is 1. The minimum Gasteiger partial charge on any atom is -0.346 e. The molecule has 0 heterocycles. The van der Waals surface area contributed by atoms with Crippen molar-refractivity contribution in [1.29, 1.82) is 0 Å². The fraction of sp³-hybridized carbons (Fsp3) is 0.529. The van der Waals surface area contributed by atoms with Crippen molar-refractivity contribution >= 4 is 29.1 Å². The quantitative estimate of drug-likeness (QED) is 0.707. The van der Waals surface area contributed by atoms with Crippen LogP contribution in [0.2, 0.25) is 5.02 Å². The second-order valence-electron chi connectivity index (χ2n) is 5.75. The number of carbonyl (C=O) groups is 2. The van der Waals surface area contributed by atoms with Crippen molar-refractivity contribution in [1.82, 2.24) is 4.90 Å². The molecule has 25 heavy (non-hydrogen) atoms. The zero-order valence-electron chi connectivity index (χ0n) is 14.5. The third-order valence-electron chi connectivity index (χ3n) is 3.76. The van der Waals surface area contributed by atoms with Crippen molar-refractivity contribution in [2.75, 3.05) is 25.0 Å². The molecule has 1 aromatic rings. The highest BCUT2D eigenvalue weighted by Gasteiger charge is 2.36. The fourth-order valence-electron chi connectivity index (χ4n) is 2.34. The van der Waals surface area contributed by atoms with Gasteiger partial charge in [0.2, 0.25) is 11.8 Å². The highest BCUT2D eigenvalue weighted by Crippen LogP contribution is 2.38. The van der Waals surface area contributed by atoms with Gasteiger partial charge in [-0.2, -0.15) is 13.2 Å². The molecule has 8 heteroatoms. The molecule has 0 fully saturated rings. The van der Waals surface area contributed by atoms with Crippen molar-refractivity contribution < 1.29 is 22.8 Å². The van der Waals surface area contributed by atoms with Crippen LogP contribution in [0.1, 0.15) is 38.7 Å². The standard InChI is InChI=1S/C17H22ClF3N2O2/c1-4-5-9-22(3)16(25)8-10-23(12(2)24)15-7-6-13(18)11-14(15)17(19,20)21/h6-7,11H,4-5,8-10H2,1-3H3. The maximum Gasteiger partial charge on any atom is 0.418 e. The van der Waals surface area contributed by atoms with Crippen molar-refractivity contribution in [2.24, 2.45) is 0 Å². The lowest BCUT2D eigenvalue weighted by atomic mass is 10.1. The van der Waals surface area contributed by atoms with Gasteiger partial charge in [0.1, 0.15) is 0 Å². The van der Waals surface area contributed by atoms with Crippen LogP contribution in [0.4, 0.5) is 18.9 Å². The van der Waals surface area contributed by atoms with E-state index in [1.165, 1.54) is 17.9 Å². The number of carbonyl (C=O) groups excluding carboxylic acids is 2. The number of benzene rings is 1. The predicted molar refractivity (Wildman–Crippen MR) is 91.6 cm³/mol. The molecule has 4 nitrogen and oxygen atoms in total. The van der Waals surface area contributed by atoms with E-state index in [9.17, 15) is 22.8 Å². The van der Waals surface area contributed by atoms with Crippen LogP contribution in [0.5, 0.6) is 0 Å². The molecule has 0 saturated heterocycles. The number of alkyl halides is 3. The molecule has 1 rings (SSSR count). The van der Waals surface area contributed by atoms with Gasteiger partial charge in [0, 0.05) is 38.5 Å². The molecule has 0 aliphatic heterocycles. The number of hydrogen-bond donors (Lipinski definition) is 0. The number of halogens is 4. The van der Waals surface area contributed by atoms with Crippen molar-refractivity contribution in [3.05, 3.63) is 28.8 Å². The van der Waals surface area contributed by atoms with E-state index in [4.69, 9.17) is 11.6 Å². The second-order valence-corrected chi connectivity index (χ2v) is 6.19. The maximum atomic E-state index is 13.2. The van der Waals surface area contributed by atoms with E-state index >= 15 is 0 Å². The SMILES string of the molecule is CCCCN(C)C(=O)CCN(C(C)=O)c1ccc(Cl)cc1C(F)(F)F. The van der Waals surface area contributed by atoms with Crippen LogP contribution in [0, 0.1) is 0 Å². The summed E-state index contributed by atoms with van der Waals surface area (Å²) in [5.74, 6) is -0.793. The number of nitrogens with zero attached hydrogens (tertiary/aromatic N) is 2. The Hall–Kier alpha value is -1.76. The zero-order valence-corrected chi connectivity index (χ0v) is 15.2. The van der Waals surface area contributed by atoms with Crippen LogP contribution in [0.25, 0.3) is 0 Å². The number of amides is 2. The Bertz CT molecular complexity index is 620. The van der Waals surface area contributed by atoms with E-state index in [1.54, 1.807) is 7.05 Å². The summed E-state index contributed by atoms with van der Waals surface area (Å²) in [7, 11) is 1.64. The molecule has 0 spiro atoms. The first-order valence-corrected chi connectivity index (χ1v) is 8.34. The lowest BCUT2D eigenvalue weighted by molar-refractivity contribution is -0.137. The molecular weight excluding hydrogens is 357 g/mol. The summed E-state index contributed by atoms with van der Waals surface area (Å²) in [5, 5.41) is -0.0741. The number of hydrogen-bond acceptors (Lipinski definition) is 2. The lowest BCUT2D eigenvalue weighted by Crippen LogP contribution is -2.36. The molecule has 0 aliphatic rings. The van der Waals surface area contributed by atoms with Gasteiger partial charge in [-0.25, -0.2) is 0 Å². The lowest BCUT2D eigenvalue weighted by Gasteiger charge is -2.26. The summed E-state index contributed by atoms with van der Waals surface area (Å²) in [6.45, 7) is 3.61. The first kappa shape index (κ1) is 21.3. The summed E-state index contributed by atoms with van der Waals surface area (Å²) in [6, 6.07) is 3.22. The molecule has 2 amide bonds. The molecular formula is C17H22ClF3N2O2. The summed E-state index contributed by atoms with van der Waals surface area (Å²) in [6.07, 6.45) is -2.94. The molecule has 0 aliphatic carbocycles. The molecule has 140 valence electrons. The zero-order chi connectivity index (χ0) is 19.2. The van der Waals surface area contributed by atoms with Crippen LogP contribution >= 0.6 is 11.6 Å². The molecule has 0 aromatic heterocycles. The van der Waals surface area contributed by atoms with E-state index in [0.717, 1.165) is 29.9 Å². The molecule has 0 bridgehead atoms. The third kappa shape index (κ3) is 6.23. The Labute approximate surface area is 150 Å². The van der Waals surface area contributed by atoms with Crippen LogP contribution in [-0.2, 0) is 15.8 Å². The Morgan fingerprint density at radius 1 is 1.20 bits per heavy atom. The normalized spacial score (nSPS) is 11.3. The molecule has 0 atom stereocenters. The molecule has 0 unspecified atom stereocenters. The van der Waals surface area contributed by atoms with Gasteiger partial charge in [-0.05, 0) is 24.6 Å². The van der Waals surface area contributed by atoms with Gasteiger partial charge in [0.15, 0.2) is 0 Å². The molecule has 0 radical (unpaired) electrons. The van der Waals surface area contributed by atoms with Crippen molar-refractivity contribution in [3.8, 4) is 0 Å². The summed E-state index contributed by atoms with van der Waals surface area (Å²) in [4.78, 5) is 26.4. The molecule has 0 N–H and O–H groups in total. The average Bonchev–Trinajstić information content (AvgIpc) is 2.52. The summed E-state index contributed by atoms with van der Waals surface area (Å²) < 4.78 is 39.7. The summed E-state index contributed by atoms with van der Waals surface area (Å²) in [5.41, 5.74) is -1.30. The highest BCUT2D eigenvalue weighted by atomic mass is 35.5. The minimum atomic E-state index is -4.66. The fourth-order valence-corrected chi connectivity index (χ4v) is 2.51. The topological polar surface area (TPSA) is 40.6 Å². The van der Waals surface area contributed by atoms with Gasteiger partial charge < -0.3 is 9.80 Å². The largest absolute Gasteiger partial charge is 0.418 e. The number of anilines is 1. The van der Waals surface area contributed by atoms with Gasteiger partial charge in [0.25, 0.3) is 0 Å². The monoisotopic (exact) mass is 378 g/mol. The van der Waals surface area contributed by atoms with E-state index in [2.05, 4.69) is 0 Å². The molecule has 0 saturated carbocycles. The van der Waals surface area contributed by atoms with Crippen molar-refractivity contribution in [3.63, 3.8) is 0 Å². The van der Waals surface area contributed by atoms with Gasteiger partial charge in [-0.15, -0.1) is 0 Å². The average molecular weight is 379 g/mol. The maximum absolute atomic E-state index is 13.2. The van der Waals surface area contributed by atoms with E-state index < -0.39 is 17.6 Å². The van der Waals surface area contributed by atoms with Crippen LogP contribution in [-0.4, -0.2) is 36.9 Å². The van der Waals surface area contributed by atoms with Gasteiger partial charge in [-0.3, -0.25) is 9.59 Å². The Balaban J connectivity index is 2.99. The van der Waals surface area contributed by atoms with Crippen molar-refractivity contribution in [2.45, 2.75) is 39.3 Å². The summed E-state index contributed by atoms with van der Waals surface area (Å²) >= 11 is 5.66. The smallest absolute Gasteiger partial charge is 0.346 e. The Morgan fingerprint density at radius 2 is 1.84 bits per heavy atom. The third-order valence-corrected chi connectivity index (χ3v) is 3.99. The Kier molecular flexibility index (Phi) is 7.73. The van der Waals surface area contributed by atoms with Gasteiger partial charge in [0.05, 0.1) is 11.3 Å². The number of rotatable bonds is 7. The minimum absolute atomic E-state index is 0.0558. The van der Waals surface area contributed by atoms with Gasteiger partial charge >= 0.3 is 6.18 Å². The molecule has 1 aromatic carbocycles. The first-order chi connectivity index (χ1) is 11.6. The van der Waals surface area contributed by atoms with Crippen LogP contribution in [0.3, 0.4) is 0 Å². The van der Waals surface area contributed by atoms with E-state index in [1.807, 2.05) is 6.92 Å².